The van der Waals surface area contributed by atoms with Crippen molar-refractivity contribution in [2.24, 2.45) is 5.73 Å². The summed E-state index contributed by atoms with van der Waals surface area (Å²) in [4.78, 5) is 0. The summed E-state index contributed by atoms with van der Waals surface area (Å²) in [6, 6.07) is 2.37. The smallest absolute Gasteiger partial charge is 0.320 e. The van der Waals surface area contributed by atoms with Crippen molar-refractivity contribution in [1.82, 2.24) is 0 Å². The SMILES string of the molecule is NC(CCc1ccc(Br)c(F)c1)C(F)(F)F. The van der Waals surface area contributed by atoms with E-state index in [0.717, 1.165) is 0 Å². The Bertz CT molecular complexity index is 364. The third kappa shape index (κ3) is 3.75. The van der Waals surface area contributed by atoms with Crippen LogP contribution in [0.1, 0.15) is 12.0 Å². The molecule has 6 heteroatoms. The largest absolute Gasteiger partial charge is 0.403 e. The molecule has 0 aliphatic carbocycles. The first-order chi connectivity index (χ1) is 7.30. The van der Waals surface area contributed by atoms with Crippen LogP contribution >= 0.6 is 15.9 Å². The fourth-order valence-corrected chi connectivity index (χ4v) is 1.43. The van der Waals surface area contributed by atoms with Crippen LogP contribution in [-0.4, -0.2) is 12.2 Å². The van der Waals surface area contributed by atoms with Crippen molar-refractivity contribution in [3.63, 3.8) is 0 Å². The summed E-state index contributed by atoms with van der Waals surface area (Å²) in [6.45, 7) is 0. The second kappa shape index (κ2) is 5.14. The minimum absolute atomic E-state index is 0.102. The van der Waals surface area contributed by atoms with Crippen LogP contribution in [0, 0.1) is 5.82 Å². The lowest BCUT2D eigenvalue weighted by molar-refractivity contribution is -0.148. The Morgan fingerprint density at radius 3 is 2.44 bits per heavy atom. The summed E-state index contributed by atoms with van der Waals surface area (Å²) < 4.78 is 49.6. The number of alkyl halides is 3. The van der Waals surface area contributed by atoms with E-state index in [-0.39, 0.29) is 17.3 Å². The molecule has 1 atom stereocenters. The van der Waals surface area contributed by atoms with E-state index in [2.05, 4.69) is 15.9 Å². The van der Waals surface area contributed by atoms with Gasteiger partial charge in [-0.2, -0.15) is 13.2 Å². The van der Waals surface area contributed by atoms with Crippen LogP contribution in [0.5, 0.6) is 0 Å². The normalized spacial score (nSPS) is 13.9. The molecule has 0 aliphatic rings. The predicted molar refractivity (Wildman–Crippen MR) is 56.5 cm³/mol. The lowest BCUT2D eigenvalue weighted by Crippen LogP contribution is -2.37. The van der Waals surface area contributed by atoms with Gasteiger partial charge in [0.25, 0.3) is 0 Å². The second-order valence-corrected chi connectivity index (χ2v) is 4.29. The molecule has 0 saturated heterocycles. The molecule has 1 unspecified atom stereocenters. The molecule has 0 aliphatic heterocycles. The Balaban J connectivity index is 2.58. The molecule has 0 bridgehead atoms. The van der Waals surface area contributed by atoms with Crippen molar-refractivity contribution in [1.29, 1.82) is 0 Å². The van der Waals surface area contributed by atoms with Crippen LogP contribution in [-0.2, 0) is 6.42 Å². The zero-order valence-electron chi connectivity index (χ0n) is 8.19. The van der Waals surface area contributed by atoms with Gasteiger partial charge in [0.2, 0.25) is 0 Å². The van der Waals surface area contributed by atoms with E-state index in [1.54, 1.807) is 6.07 Å². The molecular weight excluding hydrogens is 290 g/mol. The van der Waals surface area contributed by atoms with Gasteiger partial charge in [-0.1, -0.05) is 6.07 Å². The average molecular weight is 300 g/mol. The first-order valence-corrected chi connectivity index (χ1v) is 5.36. The van der Waals surface area contributed by atoms with Gasteiger partial charge in [-0.3, -0.25) is 0 Å². The van der Waals surface area contributed by atoms with Gasteiger partial charge >= 0.3 is 6.18 Å². The minimum atomic E-state index is -4.39. The fourth-order valence-electron chi connectivity index (χ4n) is 1.18. The van der Waals surface area contributed by atoms with Gasteiger partial charge in [0.05, 0.1) is 4.47 Å². The van der Waals surface area contributed by atoms with E-state index >= 15 is 0 Å². The van der Waals surface area contributed by atoms with E-state index in [1.165, 1.54) is 12.1 Å². The van der Waals surface area contributed by atoms with Gasteiger partial charge in [-0.15, -0.1) is 0 Å². The molecule has 1 rings (SSSR count). The van der Waals surface area contributed by atoms with Crippen molar-refractivity contribution in [3.8, 4) is 0 Å². The molecule has 0 aromatic heterocycles. The summed E-state index contributed by atoms with van der Waals surface area (Å²) >= 11 is 2.96. The Hall–Kier alpha value is -0.620. The molecule has 0 radical (unpaired) electrons. The van der Waals surface area contributed by atoms with E-state index in [4.69, 9.17) is 5.73 Å². The van der Waals surface area contributed by atoms with Gasteiger partial charge in [0, 0.05) is 0 Å². The maximum absolute atomic E-state index is 13.0. The maximum atomic E-state index is 13.0. The Morgan fingerprint density at radius 1 is 1.31 bits per heavy atom. The van der Waals surface area contributed by atoms with Crippen molar-refractivity contribution in [3.05, 3.63) is 34.1 Å². The molecule has 2 N–H and O–H groups in total. The molecule has 0 fully saturated rings. The number of hydrogen-bond acceptors (Lipinski definition) is 1. The zero-order chi connectivity index (χ0) is 12.3. The summed E-state index contributed by atoms with van der Waals surface area (Å²) in [7, 11) is 0. The first kappa shape index (κ1) is 13.4. The second-order valence-electron chi connectivity index (χ2n) is 3.44. The van der Waals surface area contributed by atoms with Crippen molar-refractivity contribution < 1.29 is 17.6 Å². The number of nitrogens with two attached hydrogens (primary N) is 1. The Kier molecular flexibility index (Phi) is 4.32. The molecule has 0 spiro atoms. The van der Waals surface area contributed by atoms with Crippen LogP contribution < -0.4 is 5.73 Å². The highest BCUT2D eigenvalue weighted by molar-refractivity contribution is 9.10. The topological polar surface area (TPSA) is 26.0 Å². The Labute approximate surface area is 98.8 Å². The van der Waals surface area contributed by atoms with Crippen LogP contribution in [0.15, 0.2) is 22.7 Å². The lowest BCUT2D eigenvalue weighted by Gasteiger charge is -2.15. The highest BCUT2D eigenvalue weighted by Gasteiger charge is 2.35. The lowest BCUT2D eigenvalue weighted by atomic mass is 10.1. The molecule has 90 valence electrons. The number of aryl methyl sites for hydroxylation is 1. The van der Waals surface area contributed by atoms with Crippen molar-refractivity contribution >= 4 is 15.9 Å². The number of hydrogen-bond donors (Lipinski definition) is 1. The van der Waals surface area contributed by atoms with Crippen LogP contribution in [0.25, 0.3) is 0 Å². The maximum Gasteiger partial charge on any atom is 0.403 e. The third-order valence-corrected chi connectivity index (χ3v) is 2.79. The molecule has 0 saturated carbocycles. The predicted octanol–water partition coefficient (Wildman–Crippen LogP) is 3.41. The molecule has 0 amide bonds. The van der Waals surface area contributed by atoms with Crippen molar-refractivity contribution in [2.75, 3.05) is 0 Å². The zero-order valence-corrected chi connectivity index (χ0v) is 9.78. The molecule has 0 heterocycles. The van der Waals surface area contributed by atoms with Crippen LogP contribution in [0.2, 0.25) is 0 Å². The van der Waals surface area contributed by atoms with E-state index in [9.17, 15) is 17.6 Å². The molecule has 1 aromatic rings. The molecule has 1 nitrogen and oxygen atoms in total. The number of benzene rings is 1. The highest BCUT2D eigenvalue weighted by atomic mass is 79.9. The van der Waals surface area contributed by atoms with Gasteiger partial charge in [-0.25, -0.2) is 4.39 Å². The fraction of sp³-hybridized carbons (Fsp3) is 0.400. The summed E-state index contributed by atoms with van der Waals surface area (Å²) in [6.07, 6.45) is -4.54. The standard InChI is InChI=1S/C10H10BrF4N/c11-7-3-1-6(5-8(7)12)2-4-9(16)10(13,14)15/h1,3,5,9H,2,4,16H2. The Morgan fingerprint density at radius 2 is 1.94 bits per heavy atom. The summed E-state index contributed by atoms with van der Waals surface area (Å²) in [5.74, 6) is -0.488. The van der Waals surface area contributed by atoms with Crippen LogP contribution in [0.3, 0.4) is 0 Å². The number of halogens is 5. The quantitative estimate of drug-likeness (QED) is 0.851. The molecular formula is C10H10BrF4N. The monoisotopic (exact) mass is 299 g/mol. The van der Waals surface area contributed by atoms with Gasteiger partial charge in [-0.05, 0) is 46.5 Å². The third-order valence-electron chi connectivity index (χ3n) is 2.15. The van der Waals surface area contributed by atoms with E-state index in [1.807, 2.05) is 0 Å². The minimum Gasteiger partial charge on any atom is -0.320 e. The average Bonchev–Trinajstić information content (AvgIpc) is 2.18. The van der Waals surface area contributed by atoms with Crippen LogP contribution in [0.4, 0.5) is 17.6 Å². The number of rotatable bonds is 3. The first-order valence-electron chi connectivity index (χ1n) is 4.57. The van der Waals surface area contributed by atoms with Gasteiger partial charge in [0.1, 0.15) is 11.9 Å². The molecule has 16 heavy (non-hydrogen) atoms. The highest BCUT2D eigenvalue weighted by Crippen LogP contribution is 2.23. The van der Waals surface area contributed by atoms with Gasteiger partial charge < -0.3 is 5.73 Å². The van der Waals surface area contributed by atoms with Gasteiger partial charge in [0.15, 0.2) is 0 Å². The van der Waals surface area contributed by atoms with E-state index < -0.39 is 18.0 Å². The van der Waals surface area contributed by atoms with Crippen molar-refractivity contribution in [2.45, 2.75) is 25.1 Å². The summed E-state index contributed by atoms with van der Waals surface area (Å²) in [5, 5.41) is 0. The van der Waals surface area contributed by atoms with E-state index in [0.29, 0.717) is 5.56 Å². The summed E-state index contributed by atoms with van der Waals surface area (Å²) in [5.41, 5.74) is 5.44. The molecule has 1 aromatic carbocycles.